The number of halogens is 1. The molecule has 2 heterocycles. The molecule has 5 heteroatoms. The zero-order valence-electron chi connectivity index (χ0n) is 9.97. The van der Waals surface area contributed by atoms with E-state index in [-0.39, 0.29) is 0 Å². The first-order valence-electron chi connectivity index (χ1n) is 5.72. The third kappa shape index (κ3) is 2.64. The van der Waals surface area contributed by atoms with Gasteiger partial charge in [-0.2, -0.15) is 0 Å². The van der Waals surface area contributed by atoms with Crippen LogP contribution < -0.4 is 10.5 Å². The molecule has 0 saturated heterocycles. The molecule has 19 heavy (non-hydrogen) atoms. The molecular weight excluding hydrogens is 280 g/mol. The summed E-state index contributed by atoms with van der Waals surface area (Å²) in [7, 11) is 0. The molecule has 2 aromatic heterocycles. The highest BCUT2D eigenvalue weighted by molar-refractivity contribution is 7.17. The third-order valence-corrected chi connectivity index (χ3v) is 3.90. The van der Waals surface area contributed by atoms with Crippen molar-refractivity contribution < 1.29 is 4.74 Å². The number of rotatable bonds is 3. The number of ether oxygens (including phenoxy) is 1. The van der Waals surface area contributed by atoms with Gasteiger partial charge in [-0.25, -0.2) is 0 Å². The van der Waals surface area contributed by atoms with Crippen molar-refractivity contribution in [3.05, 3.63) is 52.6 Å². The molecule has 3 nitrogen and oxygen atoms in total. The average molecular weight is 291 g/mol. The first-order chi connectivity index (χ1) is 9.22. The number of hydrogen-bond donors (Lipinski definition) is 1. The molecule has 0 aliphatic carbocycles. The smallest absolute Gasteiger partial charge is 0.138 e. The summed E-state index contributed by atoms with van der Waals surface area (Å²) in [4.78, 5) is 4.36. The van der Waals surface area contributed by atoms with Crippen LogP contribution in [0.5, 0.6) is 5.75 Å². The zero-order valence-corrected chi connectivity index (χ0v) is 11.5. The Morgan fingerprint density at radius 1 is 1.26 bits per heavy atom. The number of pyridine rings is 1. The Labute approximate surface area is 119 Å². The minimum absolute atomic E-state index is 0.386. The average Bonchev–Trinajstić information content (AvgIpc) is 2.85. The van der Waals surface area contributed by atoms with E-state index in [1.165, 1.54) is 4.70 Å². The van der Waals surface area contributed by atoms with Gasteiger partial charge in [0.25, 0.3) is 0 Å². The molecule has 3 aromatic rings. The topological polar surface area (TPSA) is 48.1 Å². The highest BCUT2D eigenvalue weighted by Gasteiger charge is 2.04. The summed E-state index contributed by atoms with van der Waals surface area (Å²) in [6, 6.07) is 9.28. The van der Waals surface area contributed by atoms with Crippen LogP contribution in [0.15, 0.2) is 41.9 Å². The lowest BCUT2D eigenvalue weighted by atomic mass is 10.3. The molecular formula is C14H11ClN2OS. The van der Waals surface area contributed by atoms with E-state index in [0.717, 1.165) is 11.1 Å². The van der Waals surface area contributed by atoms with Crippen LogP contribution in [0.1, 0.15) is 5.69 Å². The Morgan fingerprint density at radius 3 is 3.00 bits per heavy atom. The van der Waals surface area contributed by atoms with Gasteiger partial charge in [-0.3, -0.25) is 4.98 Å². The number of anilines is 1. The fourth-order valence-corrected chi connectivity index (χ4v) is 2.83. The lowest BCUT2D eigenvalue weighted by Gasteiger charge is -2.08. The van der Waals surface area contributed by atoms with Gasteiger partial charge >= 0.3 is 0 Å². The summed E-state index contributed by atoms with van der Waals surface area (Å²) >= 11 is 7.74. The van der Waals surface area contributed by atoms with Crippen molar-refractivity contribution in [3.8, 4) is 5.75 Å². The normalized spacial score (nSPS) is 10.8. The molecule has 0 atom stereocenters. The second kappa shape index (κ2) is 5.07. The Kier molecular flexibility index (Phi) is 3.27. The number of nitrogens with zero attached hydrogens (tertiary/aromatic N) is 1. The zero-order chi connectivity index (χ0) is 13.2. The van der Waals surface area contributed by atoms with Gasteiger partial charge in [-0.05, 0) is 35.7 Å². The molecule has 0 saturated carbocycles. The molecule has 0 aliphatic heterocycles. The Balaban J connectivity index is 1.77. The predicted molar refractivity (Wildman–Crippen MR) is 79.8 cm³/mol. The molecule has 0 unspecified atom stereocenters. The van der Waals surface area contributed by atoms with Crippen LogP contribution in [0.2, 0.25) is 5.02 Å². The Bertz CT molecular complexity index is 726. The summed E-state index contributed by atoms with van der Waals surface area (Å²) < 4.78 is 6.86. The summed E-state index contributed by atoms with van der Waals surface area (Å²) in [6.07, 6.45) is 1.86. The number of fused-ring (bicyclic) bond motifs is 1. The van der Waals surface area contributed by atoms with E-state index in [1.54, 1.807) is 29.5 Å². The van der Waals surface area contributed by atoms with E-state index in [4.69, 9.17) is 22.1 Å². The van der Waals surface area contributed by atoms with Crippen LogP contribution in [-0.4, -0.2) is 4.98 Å². The molecule has 3 rings (SSSR count). The highest BCUT2D eigenvalue weighted by atomic mass is 35.5. The van der Waals surface area contributed by atoms with Gasteiger partial charge in [0.15, 0.2) is 0 Å². The van der Waals surface area contributed by atoms with Crippen molar-refractivity contribution in [2.75, 3.05) is 5.73 Å². The van der Waals surface area contributed by atoms with Crippen molar-refractivity contribution in [1.29, 1.82) is 0 Å². The minimum Gasteiger partial charge on any atom is -0.486 e. The van der Waals surface area contributed by atoms with Gasteiger partial charge in [0, 0.05) is 22.0 Å². The van der Waals surface area contributed by atoms with Gasteiger partial charge in [-0.15, -0.1) is 11.3 Å². The fraction of sp³-hybridized carbons (Fsp3) is 0.0714. The van der Waals surface area contributed by atoms with Crippen LogP contribution in [0, 0.1) is 0 Å². The van der Waals surface area contributed by atoms with Crippen molar-refractivity contribution in [2.45, 2.75) is 6.61 Å². The van der Waals surface area contributed by atoms with Crippen LogP contribution >= 0.6 is 22.9 Å². The maximum absolute atomic E-state index is 6.05. The van der Waals surface area contributed by atoms with Crippen LogP contribution in [0.4, 0.5) is 5.69 Å². The standard InChI is InChI=1S/C14H11ClN2OS/c15-12-5-10(16)1-2-13(12)18-8-11-6-14-9(7-17-11)3-4-19-14/h1-7H,8,16H2. The largest absolute Gasteiger partial charge is 0.486 e. The summed E-state index contributed by atoms with van der Waals surface area (Å²) in [5.74, 6) is 0.615. The molecule has 0 fully saturated rings. The maximum Gasteiger partial charge on any atom is 0.138 e. The summed E-state index contributed by atoms with van der Waals surface area (Å²) in [5.41, 5.74) is 7.13. The highest BCUT2D eigenvalue weighted by Crippen LogP contribution is 2.27. The first-order valence-corrected chi connectivity index (χ1v) is 6.98. The minimum atomic E-state index is 0.386. The van der Waals surface area contributed by atoms with E-state index >= 15 is 0 Å². The van der Waals surface area contributed by atoms with Crippen molar-refractivity contribution in [3.63, 3.8) is 0 Å². The van der Waals surface area contributed by atoms with Gasteiger partial charge in [-0.1, -0.05) is 11.6 Å². The van der Waals surface area contributed by atoms with Crippen molar-refractivity contribution in [1.82, 2.24) is 4.98 Å². The molecule has 0 bridgehead atoms. The van der Waals surface area contributed by atoms with Gasteiger partial charge in [0.1, 0.15) is 12.4 Å². The number of benzene rings is 1. The lowest BCUT2D eigenvalue weighted by Crippen LogP contribution is -1.98. The van der Waals surface area contributed by atoms with Gasteiger partial charge < -0.3 is 10.5 Å². The van der Waals surface area contributed by atoms with Gasteiger partial charge in [0.05, 0.1) is 10.7 Å². The Hall–Kier alpha value is -1.78. The maximum atomic E-state index is 6.05. The fourth-order valence-electron chi connectivity index (χ4n) is 1.76. The molecule has 0 amide bonds. The monoisotopic (exact) mass is 290 g/mol. The molecule has 0 radical (unpaired) electrons. The SMILES string of the molecule is Nc1ccc(OCc2cc3sccc3cn2)c(Cl)c1. The number of aromatic nitrogens is 1. The quantitative estimate of drug-likeness (QED) is 0.738. The van der Waals surface area contributed by atoms with E-state index < -0.39 is 0 Å². The Morgan fingerprint density at radius 2 is 2.16 bits per heavy atom. The molecule has 0 aliphatic rings. The predicted octanol–water partition coefficient (Wildman–Crippen LogP) is 4.11. The molecule has 1 aromatic carbocycles. The van der Waals surface area contributed by atoms with E-state index in [2.05, 4.69) is 11.1 Å². The summed E-state index contributed by atoms with van der Waals surface area (Å²) in [5, 5.41) is 3.71. The van der Waals surface area contributed by atoms with E-state index in [0.29, 0.717) is 23.1 Å². The van der Waals surface area contributed by atoms with E-state index in [1.807, 2.05) is 17.6 Å². The summed E-state index contributed by atoms with van der Waals surface area (Å²) in [6.45, 7) is 0.386. The van der Waals surface area contributed by atoms with Crippen LogP contribution in [0.25, 0.3) is 10.1 Å². The number of thiophene rings is 1. The second-order valence-corrected chi connectivity index (χ2v) is 5.47. The molecule has 2 N–H and O–H groups in total. The number of nitrogens with two attached hydrogens (primary N) is 1. The number of nitrogen functional groups attached to an aromatic ring is 1. The number of hydrogen-bond acceptors (Lipinski definition) is 4. The third-order valence-electron chi connectivity index (χ3n) is 2.73. The first kappa shape index (κ1) is 12.3. The van der Waals surface area contributed by atoms with Crippen molar-refractivity contribution >= 4 is 38.7 Å². The lowest BCUT2D eigenvalue weighted by molar-refractivity contribution is 0.302. The molecule has 0 spiro atoms. The van der Waals surface area contributed by atoms with Gasteiger partial charge in [0.2, 0.25) is 0 Å². The van der Waals surface area contributed by atoms with Crippen LogP contribution in [-0.2, 0) is 6.61 Å². The second-order valence-electron chi connectivity index (χ2n) is 4.11. The van der Waals surface area contributed by atoms with E-state index in [9.17, 15) is 0 Å². The van der Waals surface area contributed by atoms with Crippen molar-refractivity contribution in [2.24, 2.45) is 0 Å². The molecule has 96 valence electrons. The van der Waals surface area contributed by atoms with Crippen LogP contribution in [0.3, 0.4) is 0 Å².